The van der Waals surface area contributed by atoms with Crippen molar-refractivity contribution < 1.29 is 19.0 Å². The molecule has 2 aromatic rings. The van der Waals surface area contributed by atoms with Crippen molar-refractivity contribution >= 4 is 11.7 Å². The lowest BCUT2D eigenvalue weighted by atomic mass is 9.85. The van der Waals surface area contributed by atoms with Gasteiger partial charge in [-0.25, -0.2) is 4.39 Å². The minimum absolute atomic E-state index is 0.304. The Morgan fingerprint density at radius 3 is 2.43 bits per heavy atom. The molecule has 0 fully saturated rings. The maximum Gasteiger partial charge on any atom is 0.313 e. The third kappa shape index (κ3) is 3.80. The van der Waals surface area contributed by atoms with E-state index in [-0.39, 0.29) is 5.82 Å². The van der Waals surface area contributed by atoms with Crippen LogP contribution < -0.4 is 10.1 Å². The molecule has 0 aliphatic heterocycles. The SMILES string of the molecule is COc1ccc(F)c(CNc2ccc(C(C)(C)C(=O)O)cc2)c1. The van der Waals surface area contributed by atoms with E-state index in [1.165, 1.54) is 13.2 Å². The molecule has 2 aromatic carbocycles. The predicted molar refractivity (Wildman–Crippen MR) is 87.4 cm³/mol. The van der Waals surface area contributed by atoms with Gasteiger partial charge in [-0.3, -0.25) is 4.79 Å². The molecule has 0 aliphatic rings. The molecular formula is C18H20FNO3. The lowest BCUT2D eigenvalue weighted by molar-refractivity contribution is -0.142. The first-order chi connectivity index (χ1) is 10.8. The first-order valence-electron chi connectivity index (χ1n) is 7.25. The molecule has 0 atom stereocenters. The number of benzene rings is 2. The highest BCUT2D eigenvalue weighted by molar-refractivity contribution is 5.80. The van der Waals surface area contributed by atoms with Crippen LogP contribution in [0.25, 0.3) is 0 Å². The van der Waals surface area contributed by atoms with Gasteiger partial charge in [0.1, 0.15) is 11.6 Å². The second-order valence-corrected chi connectivity index (χ2v) is 5.82. The minimum Gasteiger partial charge on any atom is -0.497 e. The highest BCUT2D eigenvalue weighted by atomic mass is 19.1. The number of carboxylic acid groups (broad SMARTS) is 1. The van der Waals surface area contributed by atoms with Crippen molar-refractivity contribution in [3.63, 3.8) is 0 Å². The van der Waals surface area contributed by atoms with Gasteiger partial charge in [-0.2, -0.15) is 0 Å². The molecule has 2 rings (SSSR count). The molecule has 4 nitrogen and oxygen atoms in total. The summed E-state index contributed by atoms with van der Waals surface area (Å²) in [6, 6.07) is 11.7. The average Bonchev–Trinajstić information content (AvgIpc) is 2.54. The number of anilines is 1. The molecule has 0 unspecified atom stereocenters. The van der Waals surface area contributed by atoms with E-state index in [1.54, 1.807) is 50.2 Å². The predicted octanol–water partition coefficient (Wildman–Crippen LogP) is 3.81. The molecule has 0 amide bonds. The molecule has 0 aliphatic carbocycles. The molecule has 0 bridgehead atoms. The number of carbonyl (C=O) groups is 1. The van der Waals surface area contributed by atoms with Crippen molar-refractivity contribution in [1.29, 1.82) is 0 Å². The normalized spacial score (nSPS) is 11.1. The van der Waals surface area contributed by atoms with E-state index in [0.717, 1.165) is 5.69 Å². The molecular weight excluding hydrogens is 297 g/mol. The fourth-order valence-corrected chi connectivity index (χ4v) is 2.14. The largest absolute Gasteiger partial charge is 0.497 e. The third-order valence-corrected chi connectivity index (χ3v) is 3.88. The van der Waals surface area contributed by atoms with Gasteiger partial charge in [-0.15, -0.1) is 0 Å². The Morgan fingerprint density at radius 1 is 1.22 bits per heavy atom. The van der Waals surface area contributed by atoms with Crippen molar-refractivity contribution in [1.82, 2.24) is 0 Å². The molecule has 0 saturated heterocycles. The number of nitrogens with one attached hydrogen (secondary N) is 1. The second-order valence-electron chi connectivity index (χ2n) is 5.82. The van der Waals surface area contributed by atoms with E-state index in [1.807, 2.05) is 0 Å². The van der Waals surface area contributed by atoms with E-state index in [9.17, 15) is 14.3 Å². The highest BCUT2D eigenvalue weighted by Crippen LogP contribution is 2.25. The summed E-state index contributed by atoms with van der Waals surface area (Å²) in [5, 5.41) is 12.3. The zero-order valence-electron chi connectivity index (χ0n) is 13.4. The number of hydrogen-bond donors (Lipinski definition) is 2. The maximum atomic E-state index is 13.8. The Kier molecular flexibility index (Phi) is 4.89. The van der Waals surface area contributed by atoms with Crippen LogP contribution in [0.1, 0.15) is 25.0 Å². The van der Waals surface area contributed by atoms with Crippen LogP contribution in [0.5, 0.6) is 5.75 Å². The molecule has 0 spiro atoms. The summed E-state index contributed by atoms with van der Waals surface area (Å²) >= 11 is 0. The van der Waals surface area contributed by atoms with Gasteiger partial charge >= 0.3 is 5.97 Å². The van der Waals surface area contributed by atoms with Crippen LogP contribution in [0, 0.1) is 5.82 Å². The Hall–Kier alpha value is -2.56. The summed E-state index contributed by atoms with van der Waals surface area (Å²) in [5.41, 5.74) is 1.05. The van der Waals surface area contributed by atoms with Gasteiger partial charge in [0, 0.05) is 17.8 Å². The van der Waals surface area contributed by atoms with Gasteiger partial charge in [-0.1, -0.05) is 12.1 Å². The summed E-state index contributed by atoms with van der Waals surface area (Å²) in [6.45, 7) is 3.62. The molecule has 0 saturated carbocycles. The lowest BCUT2D eigenvalue weighted by Gasteiger charge is -2.20. The third-order valence-electron chi connectivity index (χ3n) is 3.88. The molecule has 0 aromatic heterocycles. The summed E-state index contributed by atoms with van der Waals surface area (Å²) < 4.78 is 18.8. The van der Waals surface area contributed by atoms with E-state index in [0.29, 0.717) is 23.4 Å². The lowest BCUT2D eigenvalue weighted by Crippen LogP contribution is -2.28. The molecule has 122 valence electrons. The van der Waals surface area contributed by atoms with Gasteiger partial charge < -0.3 is 15.2 Å². The van der Waals surface area contributed by atoms with E-state index < -0.39 is 11.4 Å². The van der Waals surface area contributed by atoms with Crippen molar-refractivity contribution in [2.75, 3.05) is 12.4 Å². The number of rotatable bonds is 6. The fourth-order valence-electron chi connectivity index (χ4n) is 2.14. The average molecular weight is 317 g/mol. The summed E-state index contributed by atoms with van der Waals surface area (Å²) in [4.78, 5) is 11.2. The van der Waals surface area contributed by atoms with Crippen LogP contribution >= 0.6 is 0 Å². The standard InChI is InChI=1S/C18H20FNO3/c1-18(2,17(21)22)13-4-6-14(7-5-13)20-11-12-10-15(23-3)8-9-16(12)19/h4-10,20H,11H2,1-3H3,(H,21,22). The first-order valence-corrected chi connectivity index (χ1v) is 7.25. The number of methoxy groups -OCH3 is 1. The van der Waals surface area contributed by atoms with Crippen LogP contribution in [0.15, 0.2) is 42.5 Å². The topological polar surface area (TPSA) is 58.6 Å². The van der Waals surface area contributed by atoms with Crippen molar-refractivity contribution in [2.45, 2.75) is 25.8 Å². The van der Waals surface area contributed by atoms with Crippen LogP contribution in [0.3, 0.4) is 0 Å². The molecule has 23 heavy (non-hydrogen) atoms. The van der Waals surface area contributed by atoms with Crippen molar-refractivity contribution in [3.05, 3.63) is 59.4 Å². The van der Waals surface area contributed by atoms with Gasteiger partial charge in [0.15, 0.2) is 0 Å². The Balaban J connectivity index is 2.09. The summed E-state index contributed by atoms with van der Waals surface area (Å²) in [5.74, 6) is -0.583. The smallest absolute Gasteiger partial charge is 0.313 e. The van der Waals surface area contributed by atoms with Crippen LogP contribution in [0.2, 0.25) is 0 Å². The van der Waals surface area contributed by atoms with Gasteiger partial charge in [0.25, 0.3) is 0 Å². The first kappa shape index (κ1) is 16.8. The van der Waals surface area contributed by atoms with Crippen LogP contribution in [-0.4, -0.2) is 18.2 Å². The molecule has 2 N–H and O–H groups in total. The summed E-state index contributed by atoms with van der Waals surface area (Å²) in [7, 11) is 1.54. The van der Waals surface area contributed by atoms with Gasteiger partial charge in [-0.05, 0) is 49.7 Å². The number of carboxylic acids is 1. The van der Waals surface area contributed by atoms with Gasteiger partial charge in [0.05, 0.1) is 12.5 Å². The van der Waals surface area contributed by atoms with Crippen LogP contribution in [-0.2, 0) is 16.8 Å². The van der Waals surface area contributed by atoms with Crippen molar-refractivity contribution in [3.8, 4) is 5.75 Å². The Bertz CT molecular complexity index is 696. The molecule has 0 heterocycles. The maximum absolute atomic E-state index is 13.8. The second kappa shape index (κ2) is 6.69. The van der Waals surface area contributed by atoms with Crippen molar-refractivity contribution in [2.24, 2.45) is 0 Å². The Morgan fingerprint density at radius 2 is 1.87 bits per heavy atom. The number of hydrogen-bond acceptors (Lipinski definition) is 3. The fraction of sp³-hybridized carbons (Fsp3) is 0.278. The number of halogens is 1. The zero-order valence-corrected chi connectivity index (χ0v) is 13.4. The summed E-state index contributed by atoms with van der Waals surface area (Å²) in [6.07, 6.45) is 0. The monoisotopic (exact) mass is 317 g/mol. The number of aliphatic carboxylic acids is 1. The Labute approximate surface area is 134 Å². The quantitative estimate of drug-likeness (QED) is 0.850. The van der Waals surface area contributed by atoms with E-state index in [2.05, 4.69) is 5.32 Å². The minimum atomic E-state index is -0.947. The van der Waals surface area contributed by atoms with E-state index in [4.69, 9.17) is 4.74 Å². The molecule has 5 heteroatoms. The highest BCUT2D eigenvalue weighted by Gasteiger charge is 2.29. The molecule has 0 radical (unpaired) electrons. The van der Waals surface area contributed by atoms with Gasteiger partial charge in [0.2, 0.25) is 0 Å². The zero-order chi connectivity index (χ0) is 17.0. The van der Waals surface area contributed by atoms with E-state index >= 15 is 0 Å². The number of ether oxygens (including phenoxy) is 1. The van der Waals surface area contributed by atoms with Crippen LogP contribution in [0.4, 0.5) is 10.1 Å².